The topological polar surface area (TPSA) is 63.7 Å². The number of methoxy groups -OCH3 is 1. The summed E-state index contributed by atoms with van der Waals surface area (Å²) < 4.78 is 4.53. The lowest BCUT2D eigenvalue weighted by molar-refractivity contribution is -0.139. The van der Waals surface area contributed by atoms with Gasteiger partial charge in [0, 0.05) is 0 Å². The van der Waals surface area contributed by atoms with E-state index < -0.39 is 17.7 Å². The molecular weight excluding hydrogens is 234 g/mol. The van der Waals surface area contributed by atoms with Gasteiger partial charge in [-0.05, 0) is 31.0 Å². The molecule has 94 valence electrons. The monoisotopic (exact) mass is 247 g/mol. The zero-order valence-electron chi connectivity index (χ0n) is 10.4. The van der Waals surface area contributed by atoms with Crippen LogP contribution in [0.1, 0.15) is 21.5 Å². The van der Waals surface area contributed by atoms with Crippen molar-refractivity contribution < 1.29 is 19.1 Å². The molecule has 1 amide bonds. The van der Waals surface area contributed by atoms with Crippen LogP contribution in [0.2, 0.25) is 0 Å². The van der Waals surface area contributed by atoms with Crippen molar-refractivity contribution in [1.82, 2.24) is 0 Å². The maximum atomic E-state index is 11.8. The molecule has 5 nitrogen and oxygen atoms in total. The normalized spacial score (nSPS) is 13.8. The van der Waals surface area contributed by atoms with E-state index >= 15 is 0 Å². The summed E-state index contributed by atoms with van der Waals surface area (Å²) in [5, 5.41) is 0. The Bertz CT molecular complexity index is 562. The highest BCUT2D eigenvalue weighted by Gasteiger charge is 2.38. The van der Waals surface area contributed by atoms with Crippen LogP contribution in [0, 0.1) is 13.8 Å². The molecule has 2 rings (SSSR count). The lowest BCUT2D eigenvalue weighted by Crippen LogP contribution is -2.35. The molecule has 0 atom stereocenters. The lowest BCUT2D eigenvalue weighted by atomic mass is 10.0. The second kappa shape index (κ2) is 4.25. The number of aryl methyl sites for hydroxylation is 2. The summed E-state index contributed by atoms with van der Waals surface area (Å²) in [7, 11) is 1.24. The molecular formula is C13H13NO4. The van der Waals surface area contributed by atoms with Gasteiger partial charge in [0.15, 0.2) is 0 Å². The van der Waals surface area contributed by atoms with E-state index in [0.717, 1.165) is 11.1 Å². The first-order valence-electron chi connectivity index (χ1n) is 5.50. The van der Waals surface area contributed by atoms with E-state index in [1.165, 1.54) is 12.0 Å². The Balaban J connectivity index is 2.51. The van der Waals surface area contributed by atoms with Crippen molar-refractivity contribution >= 4 is 23.3 Å². The quantitative estimate of drug-likeness (QED) is 0.578. The highest BCUT2D eigenvalue weighted by atomic mass is 16.5. The number of fused-ring (bicyclic) bond motifs is 1. The predicted octanol–water partition coefficient (Wildman–Crippen LogP) is 1.01. The van der Waals surface area contributed by atoms with Gasteiger partial charge in [0.05, 0.1) is 18.4 Å². The van der Waals surface area contributed by atoms with Gasteiger partial charge in [0.1, 0.15) is 6.54 Å². The smallest absolute Gasteiger partial charge is 0.325 e. The largest absolute Gasteiger partial charge is 0.468 e. The van der Waals surface area contributed by atoms with Crippen molar-refractivity contribution in [3.63, 3.8) is 0 Å². The number of hydrogen-bond acceptors (Lipinski definition) is 4. The fraction of sp³-hybridized carbons (Fsp3) is 0.308. The van der Waals surface area contributed by atoms with Gasteiger partial charge in [-0.3, -0.25) is 19.3 Å². The zero-order chi connectivity index (χ0) is 13.4. The van der Waals surface area contributed by atoms with Gasteiger partial charge in [0.2, 0.25) is 0 Å². The SMILES string of the molecule is COC(=O)CN1C(=O)C(=O)c2cc(C)cc(C)c21. The number of ether oxygens (including phenoxy) is 1. The van der Waals surface area contributed by atoms with Crippen LogP contribution >= 0.6 is 0 Å². The summed E-state index contributed by atoms with van der Waals surface area (Å²) in [6.07, 6.45) is 0. The molecule has 0 spiro atoms. The minimum Gasteiger partial charge on any atom is -0.468 e. The molecule has 1 heterocycles. The average molecular weight is 247 g/mol. The maximum absolute atomic E-state index is 11.8. The van der Waals surface area contributed by atoms with Crippen LogP contribution in [-0.4, -0.2) is 31.3 Å². The summed E-state index contributed by atoms with van der Waals surface area (Å²) in [5.74, 6) is -1.80. The highest BCUT2D eigenvalue weighted by Crippen LogP contribution is 2.33. The molecule has 1 aliphatic rings. The molecule has 0 unspecified atom stereocenters. The van der Waals surface area contributed by atoms with Crippen molar-refractivity contribution in [2.75, 3.05) is 18.6 Å². The van der Waals surface area contributed by atoms with Crippen molar-refractivity contribution in [2.24, 2.45) is 0 Å². The zero-order valence-corrected chi connectivity index (χ0v) is 10.4. The van der Waals surface area contributed by atoms with Gasteiger partial charge >= 0.3 is 5.97 Å². The first-order chi connectivity index (χ1) is 8.45. The Kier molecular flexibility index (Phi) is 2.90. The number of benzene rings is 1. The summed E-state index contributed by atoms with van der Waals surface area (Å²) in [6, 6.07) is 3.54. The number of esters is 1. The van der Waals surface area contributed by atoms with E-state index in [9.17, 15) is 14.4 Å². The van der Waals surface area contributed by atoms with E-state index in [1.54, 1.807) is 6.07 Å². The molecule has 0 N–H and O–H groups in total. The number of nitrogens with zero attached hydrogens (tertiary/aromatic N) is 1. The van der Waals surface area contributed by atoms with Crippen LogP contribution in [0.15, 0.2) is 12.1 Å². The molecule has 1 aromatic rings. The molecule has 0 fully saturated rings. The van der Waals surface area contributed by atoms with Gasteiger partial charge in [-0.15, -0.1) is 0 Å². The van der Waals surface area contributed by atoms with Crippen LogP contribution in [0.5, 0.6) is 0 Å². The minimum atomic E-state index is -0.677. The maximum Gasteiger partial charge on any atom is 0.325 e. The molecule has 0 saturated heterocycles. The van der Waals surface area contributed by atoms with Crippen LogP contribution in [0.3, 0.4) is 0 Å². The second-order valence-electron chi connectivity index (χ2n) is 4.27. The molecule has 1 aliphatic heterocycles. The summed E-state index contributed by atoms with van der Waals surface area (Å²) in [4.78, 5) is 36.1. The average Bonchev–Trinajstić information content (AvgIpc) is 2.54. The fourth-order valence-electron chi connectivity index (χ4n) is 2.18. The molecule has 0 bridgehead atoms. The van der Waals surface area contributed by atoms with Gasteiger partial charge in [0.25, 0.3) is 11.7 Å². The Morgan fingerprint density at radius 1 is 1.28 bits per heavy atom. The third-order valence-electron chi connectivity index (χ3n) is 2.91. The van der Waals surface area contributed by atoms with E-state index in [4.69, 9.17) is 0 Å². The molecule has 0 radical (unpaired) electrons. The van der Waals surface area contributed by atoms with Crippen LogP contribution < -0.4 is 4.90 Å². The Hall–Kier alpha value is -2.17. The van der Waals surface area contributed by atoms with Crippen LogP contribution in [0.4, 0.5) is 5.69 Å². The number of amides is 1. The van der Waals surface area contributed by atoms with Gasteiger partial charge < -0.3 is 4.74 Å². The number of hydrogen-bond donors (Lipinski definition) is 0. The fourth-order valence-corrected chi connectivity index (χ4v) is 2.18. The van der Waals surface area contributed by atoms with Crippen molar-refractivity contribution in [3.05, 3.63) is 28.8 Å². The minimum absolute atomic E-state index is 0.238. The Morgan fingerprint density at radius 3 is 2.56 bits per heavy atom. The molecule has 18 heavy (non-hydrogen) atoms. The summed E-state index contributed by atoms with van der Waals surface area (Å²) >= 11 is 0. The third kappa shape index (κ3) is 1.77. The van der Waals surface area contributed by atoms with Crippen molar-refractivity contribution in [3.8, 4) is 0 Å². The van der Waals surface area contributed by atoms with E-state index in [-0.39, 0.29) is 6.54 Å². The van der Waals surface area contributed by atoms with Gasteiger partial charge in [-0.2, -0.15) is 0 Å². The third-order valence-corrected chi connectivity index (χ3v) is 2.91. The Morgan fingerprint density at radius 2 is 1.94 bits per heavy atom. The van der Waals surface area contributed by atoms with Crippen LogP contribution in [-0.2, 0) is 14.3 Å². The van der Waals surface area contributed by atoms with Gasteiger partial charge in [-0.25, -0.2) is 0 Å². The number of ketones is 1. The highest BCUT2D eigenvalue weighted by molar-refractivity contribution is 6.52. The number of carbonyl (C=O) groups is 3. The van der Waals surface area contributed by atoms with E-state index in [1.807, 2.05) is 19.9 Å². The van der Waals surface area contributed by atoms with Crippen molar-refractivity contribution in [2.45, 2.75) is 13.8 Å². The molecule has 0 saturated carbocycles. The predicted molar refractivity (Wildman–Crippen MR) is 64.6 cm³/mol. The van der Waals surface area contributed by atoms with E-state index in [0.29, 0.717) is 11.3 Å². The van der Waals surface area contributed by atoms with E-state index in [2.05, 4.69) is 4.74 Å². The van der Waals surface area contributed by atoms with Crippen LogP contribution in [0.25, 0.3) is 0 Å². The molecule has 5 heteroatoms. The van der Waals surface area contributed by atoms with Gasteiger partial charge in [-0.1, -0.05) is 6.07 Å². The Labute approximate surface area is 104 Å². The first-order valence-corrected chi connectivity index (χ1v) is 5.50. The summed E-state index contributed by atoms with van der Waals surface area (Å²) in [5.41, 5.74) is 2.59. The van der Waals surface area contributed by atoms with Crippen molar-refractivity contribution in [1.29, 1.82) is 0 Å². The first kappa shape index (κ1) is 12.3. The molecule has 0 aromatic heterocycles. The molecule has 1 aromatic carbocycles. The number of rotatable bonds is 2. The standard InChI is InChI=1S/C13H13NO4/c1-7-4-8(2)11-9(5-7)12(16)13(17)14(11)6-10(15)18-3/h4-5H,6H2,1-3H3. The number of carbonyl (C=O) groups excluding carboxylic acids is 3. The lowest BCUT2D eigenvalue weighted by Gasteiger charge is -2.17. The molecule has 0 aliphatic carbocycles. The number of Topliss-reactive ketones (excluding diaryl/α,β-unsaturated/α-hetero) is 1. The second-order valence-corrected chi connectivity index (χ2v) is 4.27. The number of anilines is 1. The summed E-state index contributed by atoms with van der Waals surface area (Å²) in [6.45, 7) is 3.42.